The first kappa shape index (κ1) is 14.1. The maximum Gasteiger partial charge on any atom is 0.241 e. The van der Waals surface area contributed by atoms with E-state index in [1.807, 2.05) is 40.5 Å². The Kier molecular flexibility index (Phi) is 3.69. The standard InChI is InChI=1S/C15H14ClN3OS/c1-18(2)15(20)8-19-4-3-12-13(19)5-10(7-17-12)14-6-11(16)9-21-14/h3-7,9H,8H2,1-2H3. The predicted octanol–water partition coefficient (Wildman–Crippen LogP) is 3.51. The normalized spacial score (nSPS) is 11.0. The van der Waals surface area contributed by atoms with Crippen molar-refractivity contribution in [3.63, 3.8) is 0 Å². The molecule has 0 radical (unpaired) electrons. The summed E-state index contributed by atoms with van der Waals surface area (Å²) in [5, 5.41) is 2.63. The number of aromatic nitrogens is 2. The highest BCUT2D eigenvalue weighted by atomic mass is 35.5. The van der Waals surface area contributed by atoms with E-state index < -0.39 is 0 Å². The van der Waals surface area contributed by atoms with Crippen LogP contribution < -0.4 is 0 Å². The first-order valence-electron chi connectivity index (χ1n) is 6.44. The van der Waals surface area contributed by atoms with Gasteiger partial charge in [-0.25, -0.2) is 0 Å². The minimum absolute atomic E-state index is 0.0528. The first-order valence-corrected chi connectivity index (χ1v) is 7.70. The van der Waals surface area contributed by atoms with Crippen LogP contribution in [0.4, 0.5) is 0 Å². The van der Waals surface area contributed by atoms with Crippen LogP contribution in [0.5, 0.6) is 0 Å². The average Bonchev–Trinajstić information content (AvgIpc) is 3.05. The van der Waals surface area contributed by atoms with Crippen LogP contribution in [0.2, 0.25) is 5.02 Å². The average molecular weight is 320 g/mol. The van der Waals surface area contributed by atoms with Crippen LogP contribution in [-0.2, 0) is 11.3 Å². The first-order chi connectivity index (χ1) is 10.0. The minimum Gasteiger partial charge on any atom is -0.347 e. The largest absolute Gasteiger partial charge is 0.347 e. The fourth-order valence-electron chi connectivity index (χ4n) is 2.09. The van der Waals surface area contributed by atoms with E-state index in [2.05, 4.69) is 4.98 Å². The lowest BCUT2D eigenvalue weighted by Crippen LogP contribution is -2.25. The molecule has 0 unspecified atom stereocenters. The molecule has 108 valence electrons. The van der Waals surface area contributed by atoms with Crippen LogP contribution in [0.3, 0.4) is 0 Å². The lowest BCUT2D eigenvalue weighted by Gasteiger charge is -2.11. The summed E-state index contributed by atoms with van der Waals surface area (Å²) in [5.74, 6) is 0.0528. The zero-order valence-corrected chi connectivity index (χ0v) is 13.3. The summed E-state index contributed by atoms with van der Waals surface area (Å²) in [6.45, 7) is 0.312. The van der Waals surface area contributed by atoms with Crippen LogP contribution in [0.25, 0.3) is 21.5 Å². The van der Waals surface area contributed by atoms with Crippen LogP contribution >= 0.6 is 22.9 Å². The molecular formula is C15H14ClN3OS. The highest BCUT2D eigenvalue weighted by molar-refractivity contribution is 7.14. The van der Waals surface area contributed by atoms with Crippen molar-refractivity contribution < 1.29 is 4.79 Å². The molecule has 0 saturated carbocycles. The van der Waals surface area contributed by atoms with Crippen molar-refractivity contribution in [1.82, 2.24) is 14.5 Å². The summed E-state index contributed by atoms with van der Waals surface area (Å²) < 4.78 is 1.92. The van der Waals surface area contributed by atoms with Gasteiger partial charge in [-0.15, -0.1) is 11.3 Å². The van der Waals surface area contributed by atoms with Crippen molar-refractivity contribution in [3.05, 3.63) is 41.0 Å². The number of nitrogens with zero attached hydrogens (tertiary/aromatic N) is 3. The van der Waals surface area contributed by atoms with Crippen molar-refractivity contribution >= 4 is 39.9 Å². The van der Waals surface area contributed by atoms with Gasteiger partial charge in [-0.3, -0.25) is 9.78 Å². The van der Waals surface area contributed by atoms with Gasteiger partial charge in [0.05, 0.1) is 16.1 Å². The Bertz CT molecular complexity index is 806. The Hall–Kier alpha value is -1.85. The molecule has 6 heteroatoms. The number of pyridine rings is 1. The number of amides is 1. The number of likely N-dealkylation sites (N-methyl/N-ethyl adjacent to an activating group) is 1. The van der Waals surface area contributed by atoms with Gasteiger partial charge in [0, 0.05) is 42.3 Å². The molecule has 3 aromatic rings. The topological polar surface area (TPSA) is 38.1 Å². The maximum atomic E-state index is 11.9. The van der Waals surface area contributed by atoms with Gasteiger partial charge in [0.25, 0.3) is 0 Å². The lowest BCUT2D eigenvalue weighted by molar-refractivity contribution is -0.129. The number of halogens is 1. The molecule has 0 bridgehead atoms. The summed E-state index contributed by atoms with van der Waals surface area (Å²) in [7, 11) is 3.51. The SMILES string of the molecule is CN(C)C(=O)Cn1ccc2ncc(-c3cc(Cl)cs3)cc21. The lowest BCUT2D eigenvalue weighted by atomic mass is 10.2. The van der Waals surface area contributed by atoms with Crippen molar-refractivity contribution in [1.29, 1.82) is 0 Å². The third-order valence-corrected chi connectivity index (χ3v) is 4.60. The maximum absolute atomic E-state index is 11.9. The van der Waals surface area contributed by atoms with E-state index in [-0.39, 0.29) is 5.91 Å². The summed E-state index contributed by atoms with van der Waals surface area (Å²) in [6.07, 6.45) is 3.73. The van der Waals surface area contributed by atoms with E-state index in [1.54, 1.807) is 30.3 Å². The van der Waals surface area contributed by atoms with Crippen molar-refractivity contribution in [2.45, 2.75) is 6.54 Å². The fraction of sp³-hybridized carbons (Fsp3) is 0.200. The molecule has 0 aliphatic heterocycles. The van der Waals surface area contributed by atoms with Crippen LogP contribution in [0, 0.1) is 0 Å². The van der Waals surface area contributed by atoms with E-state index in [1.165, 1.54) is 0 Å². The molecule has 21 heavy (non-hydrogen) atoms. The summed E-state index contributed by atoms with van der Waals surface area (Å²) >= 11 is 7.56. The van der Waals surface area contributed by atoms with Gasteiger partial charge in [0.1, 0.15) is 6.54 Å². The Morgan fingerprint density at radius 2 is 2.24 bits per heavy atom. The molecule has 4 nitrogen and oxygen atoms in total. The third-order valence-electron chi connectivity index (χ3n) is 3.28. The number of hydrogen-bond acceptors (Lipinski definition) is 3. The van der Waals surface area contributed by atoms with Gasteiger partial charge in [-0.1, -0.05) is 11.6 Å². The molecule has 0 N–H and O–H groups in total. The van der Waals surface area contributed by atoms with E-state index in [0.29, 0.717) is 6.54 Å². The Morgan fingerprint density at radius 3 is 2.90 bits per heavy atom. The van der Waals surface area contributed by atoms with Crippen LogP contribution in [-0.4, -0.2) is 34.5 Å². The number of carbonyl (C=O) groups excluding carboxylic acids is 1. The number of fused-ring (bicyclic) bond motifs is 1. The number of hydrogen-bond donors (Lipinski definition) is 0. The number of thiophene rings is 1. The van der Waals surface area contributed by atoms with Crippen molar-refractivity contribution in [2.24, 2.45) is 0 Å². The fourth-order valence-corrected chi connectivity index (χ4v) is 3.15. The highest BCUT2D eigenvalue weighted by Crippen LogP contribution is 2.30. The van der Waals surface area contributed by atoms with Gasteiger partial charge in [0.15, 0.2) is 0 Å². The number of rotatable bonds is 3. The summed E-state index contributed by atoms with van der Waals surface area (Å²) in [4.78, 5) is 19.0. The molecule has 3 heterocycles. The molecule has 0 aliphatic carbocycles. The van der Waals surface area contributed by atoms with Crippen LogP contribution in [0.15, 0.2) is 36.0 Å². The third kappa shape index (κ3) is 2.80. The van der Waals surface area contributed by atoms with E-state index in [4.69, 9.17) is 11.6 Å². The Labute approximate surface area is 131 Å². The molecule has 3 aromatic heterocycles. The van der Waals surface area contributed by atoms with Crippen molar-refractivity contribution in [2.75, 3.05) is 14.1 Å². The minimum atomic E-state index is 0.0528. The highest BCUT2D eigenvalue weighted by Gasteiger charge is 2.10. The van der Waals surface area contributed by atoms with Gasteiger partial charge in [-0.2, -0.15) is 0 Å². The molecule has 0 spiro atoms. The predicted molar refractivity (Wildman–Crippen MR) is 86.8 cm³/mol. The van der Waals surface area contributed by atoms with E-state index in [0.717, 1.165) is 26.5 Å². The van der Waals surface area contributed by atoms with E-state index in [9.17, 15) is 4.79 Å². The Morgan fingerprint density at radius 1 is 1.43 bits per heavy atom. The molecule has 3 rings (SSSR count). The molecule has 0 saturated heterocycles. The summed E-state index contributed by atoms with van der Waals surface area (Å²) in [6, 6.07) is 5.89. The monoisotopic (exact) mass is 319 g/mol. The van der Waals surface area contributed by atoms with Crippen molar-refractivity contribution in [3.8, 4) is 10.4 Å². The second kappa shape index (κ2) is 5.50. The zero-order chi connectivity index (χ0) is 15.0. The van der Waals surface area contributed by atoms with Gasteiger partial charge in [-0.05, 0) is 18.2 Å². The van der Waals surface area contributed by atoms with Gasteiger partial charge in [0.2, 0.25) is 5.91 Å². The zero-order valence-electron chi connectivity index (χ0n) is 11.7. The molecule has 1 amide bonds. The molecule has 0 aliphatic rings. The van der Waals surface area contributed by atoms with Gasteiger partial charge < -0.3 is 9.47 Å². The van der Waals surface area contributed by atoms with Gasteiger partial charge >= 0.3 is 0 Å². The smallest absolute Gasteiger partial charge is 0.241 e. The number of carbonyl (C=O) groups is 1. The van der Waals surface area contributed by atoms with E-state index >= 15 is 0 Å². The quantitative estimate of drug-likeness (QED) is 0.741. The molecular weight excluding hydrogens is 306 g/mol. The Balaban J connectivity index is 2.01. The molecule has 0 atom stereocenters. The second-order valence-corrected chi connectivity index (χ2v) is 6.34. The molecule has 0 fully saturated rings. The summed E-state index contributed by atoms with van der Waals surface area (Å²) in [5.41, 5.74) is 2.84. The molecule has 0 aromatic carbocycles. The second-order valence-electron chi connectivity index (χ2n) is 4.99. The van der Waals surface area contributed by atoms with Crippen LogP contribution in [0.1, 0.15) is 0 Å².